The van der Waals surface area contributed by atoms with Crippen LogP contribution in [0.5, 0.6) is 5.75 Å². The van der Waals surface area contributed by atoms with Gasteiger partial charge in [0, 0.05) is 13.0 Å². The fraction of sp³-hybridized carbons (Fsp3) is 0.571. The number of alkyl halides is 1. The minimum atomic E-state index is -1.42. The van der Waals surface area contributed by atoms with Gasteiger partial charge >= 0.3 is 0 Å². The molecule has 0 aliphatic carbocycles. The van der Waals surface area contributed by atoms with Gasteiger partial charge in [0.05, 0.1) is 11.6 Å². The molecule has 1 rings (SSSR count). The van der Waals surface area contributed by atoms with Crippen molar-refractivity contribution in [2.45, 2.75) is 32.9 Å². The summed E-state index contributed by atoms with van der Waals surface area (Å²) in [4.78, 5) is 0. The van der Waals surface area contributed by atoms with Gasteiger partial charge in [-0.25, -0.2) is 4.39 Å². The van der Waals surface area contributed by atoms with Gasteiger partial charge in [0.1, 0.15) is 11.4 Å². The smallest absolute Gasteiger partial charge is 0.133 e. The lowest BCUT2D eigenvalue weighted by atomic mass is 9.74. The Morgan fingerprint density at radius 3 is 2.33 bits per heavy atom. The van der Waals surface area contributed by atoms with E-state index in [4.69, 9.17) is 10.5 Å². The molecule has 0 saturated carbocycles. The van der Waals surface area contributed by atoms with Gasteiger partial charge in [-0.2, -0.15) is 0 Å². The van der Waals surface area contributed by atoms with Gasteiger partial charge in [0.15, 0.2) is 0 Å². The number of halogens is 2. The molecule has 0 aliphatic heterocycles. The number of rotatable bonds is 4. The van der Waals surface area contributed by atoms with Crippen LogP contribution in [0.15, 0.2) is 22.7 Å². The van der Waals surface area contributed by atoms with Crippen LogP contribution in [0, 0.1) is 5.41 Å². The molecule has 0 heterocycles. The lowest BCUT2D eigenvalue weighted by molar-refractivity contribution is 0.0382. The fourth-order valence-electron chi connectivity index (χ4n) is 1.79. The first-order chi connectivity index (χ1) is 8.23. The first kappa shape index (κ1) is 15.4. The molecule has 0 fully saturated rings. The van der Waals surface area contributed by atoms with Crippen LogP contribution < -0.4 is 10.5 Å². The second-order valence-electron chi connectivity index (χ2n) is 5.57. The zero-order valence-corrected chi connectivity index (χ0v) is 13.0. The molecular formula is C14H21BrFNO. The third-order valence-electron chi connectivity index (χ3n) is 3.37. The molecule has 0 saturated heterocycles. The highest BCUT2D eigenvalue weighted by Crippen LogP contribution is 2.37. The molecule has 1 aromatic carbocycles. The van der Waals surface area contributed by atoms with Gasteiger partial charge in [-0.15, -0.1) is 0 Å². The highest BCUT2D eigenvalue weighted by molar-refractivity contribution is 9.10. The fourth-order valence-corrected chi connectivity index (χ4v) is 2.37. The molecular weight excluding hydrogens is 297 g/mol. The number of hydrogen-bond acceptors (Lipinski definition) is 2. The number of methoxy groups -OCH3 is 1. The van der Waals surface area contributed by atoms with Crippen LogP contribution in [0.25, 0.3) is 0 Å². The van der Waals surface area contributed by atoms with Crippen molar-refractivity contribution in [2.24, 2.45) is 11.1 Å². The van der Waals surface area contributed by atoms with Gasteiger partial charge in [0.2, 0.25) is 0 Å². The Hall–Kier alpha value is -0.610. The van der Waals surface area contributed by atoms with Gasteiger partial charge in [0.25, 0.3) is 0 Å². The summed E-state index contributed by atoms with van der Waals surface area (Å²) >= 11 is 3.41. The molecule has 0 spiro atoms. The Balaban J connectivity index is 3.00. The Bertz CT molecular complexity index is 417. The standard InChI is InChI=1S/C14H21BrFNO/c1-13(2,3)14(16,9-17)8-10-5-6-12(18-4)11(15)7-10/h5-7H,8-9,17H2,1-4H3. The summed E-state index contributed by atoms with van der Waals surface area (Å²) in [6.45, 7) is 5.63. The maximum absolute atomic E-state index is 14.9. The van der Waals surface area contributed by atoms with E-state index in [0.717, 1.165) is 15.8 Å². The zero-order chi connectivity index (χ0) is 14.0. The quantitative estimate of drug-likeness (QED) is 0.918. The molecule has 0 radical (unpaired) electrons. The van der Waals surface area contributed by atoms with Crippen molar-refractivity contribution in [3.05, 3.63) is 28.2 Å². The second-order valence-corrected chi connectivity index (χ2v) is 6.42. The van der Waals surface area contributed by atoms with E-state index in [9.17, 15) is 4.39 Å². The van der Waals surface area contributed by atoms with E-state index in [0.29, 0.717) is 6.42 Å². The maximum Gasteiger partial charge on any atom is 0.133 e. The summed E-state index contributed by atoms with van der Waals surface area (Å²) in [5.74, 6) is 0.742. The Labute approximate surface area is 117 Å². The normalized spacial score (nSPS) is 15.3. The van der Waals surface area contributed by atoms with Crippen molar-refractivity contribution in [1.82, 2.24) is 0 Å². The van der Waals surface area contributed by atoms with Gasteiger partial charge < -0.3 is 10.5 Å². The largest absolute Gasteiger partial charge is 0.496 e. The predicted octanol–water partition coefficient (Wildman–Crippen LogP) is 3.71. The van der Waals surface area contributed by atoms with Gasteiger partial charge in [-0.1, -0.05) is 26.8 Å². The Kier molecular flexibility index (Phi) is 4.78. The Morgan fingerprint density at radius 1 is 1.33 bits per heavy atom. The molecule has 0 amide bonds. The lowest BCUT2D eigenvalue weighted by Gasteiger charge is -2.37. The predicted molar refractivity (Wildman–Crippen MR) is 76.7 cm³/mol. The van der Waals surface area contributed by atoms with Crippen LogP contribution in [0.4, 0.5) is 4.39 Å². The number of ether oxygens (including phenoxy) is 1. The molecule has 1 atom stereocenters. The molecule has 18 heavy (non-hydrogen) atoms. The molecule has 1 unspecified atom stereocenters. The summed E-state index contributed by atoms with van der Waals surface area (Å²) in [5, 5.41) is 0. The summed E-state index contributed by atoms with van der Waals surface area (Å²) in [6, 6.07) is 5.59. The van der Waals surface area contributed by atoms with E-state index in [1.54, 1.807) is 7.11 Å². The van der Waals surface area contributed by atoms with Crippen LogP contribution in [-0.2, 0) is 6.42 Å². The van der Waals surface area contributed by atoms with Crippen molar-refractivity contribution in [3.63, 3.8) is 0 Å². The molecule has 102 valence electrons. The lowest BCUT2D eigenvalue weighted by Crippen LogP contribution is -2.47. The van der Waals surface area contributed by atoms with Crippen molar-refractivity contribution >= 4 is 15.9 Å². The second kappa shape index (κ2) is 5.57. The third-order valence-corrected chi connectivity index (χ3v) is 3.99. The van der Waals surface area contributed by atoms with E-state index < -0.39 is 11.1 Å². The van der Waals surface area contributed by atoms with Gasteiger partial charge in [-0.3, -0.25) is 0 Å². The van der Waals surface area contributed by atoms with E-state index in [-0.39, 0.29) is 6.54 Å². The number of hydrogen-bond donors (Lipinski definition) is 1. The van der Waals surface area contributed by atoms with Crippen LogP contribution in [-0.4, -0.2) is 19.3 Å². The maximum atomic E-state index is 14.9. The van der Waals surface area contributed by atoms with E-state index in [1.807, 2.05) is 39.0 Å². The van der Waals surface area contributed by atoms with E-state index >= 15 is 0 Å². The van der Waals surface area contributed by atoms with Crippen LogP contribution in [0.1, 0.15) is 26.3 Å². The number of benzene rings is 1. The molecule has 4 heteroatoms. The highest BCUT2D eigenvalue weighted by Gasteiger charge is 2.41. The minimum absolute atomic E-state index is 0.0140. The average molecular weight is 318 g/mol. The van der Waals surface area contributed by atoms with E-state index in [1.165, 1.54) is 0 Å². The SMILES string of the molecule is COc1ccc(CC(F)(CN)C(C)(C)C)cc1Br. The molecule has 0 aliphatic rings. The first-order valence-electron chi connectivity index (χ1n) is 5.95. The summed E-state index contributed by atoms with van der Waals surface area (Å²) in [6.07, 6.45) is 0.301. The summed E-state index contributed by atoms with van der Waals surface area (Å²) in [7, 11) is 1.61. The van der Waals surface area contributed by atoms with Crippen molar-refractivity contribution in [1.29, 1.82) is 0 Å². The summed E-state index contributed by atoms with van der Waals surface area (Å²) < 4.78 is 20.8. The number of nitrogens with two attached hydrogens (primary N) is 1. The minimum Gasteiger partial charge on any atom is -0.496 e. The monoisotopic (exact) mass is 317 g/mol. The molecule has 2 nitrogen and oxygen atoms in total. The van der Waals surface area contributed by atoms with Crippen molar-refractivity contribution < 1.29 is 9.13 Å². The van der Waals surface area contributed by atoms with Crippen molar-refractivity contribution in [2.75, 3.05) is 13.7 Å². The first-order valence-corrected chi connectivity index (χ1v) is 6.74. The molecule has 1 aromatic rings. The molecule has 0 aromatic heterocycles. The van der Waals surface area contributed by atoms with Crippen LogP contribution in [0.2, 0.25) is 0 Å². The van der Waals surface area contributed by atoms with Crippen molar-refractivity contribution in [3.8, 4) is 5.75 Å². The van der Waals surface area contributed by atoms with E-state index in [2.05, 4.69) is 15.9 Å². The topological polar surface area (TPSA) is 35.2 Å². The molecule has 2 N–H and O–H groups in total. The van der Waals surface area contributed by atoms with Crippen LogP contribution in [0.3, 0.4) is 0 Å². The zero-order valence-electron chi connectivity index (χ0n) is 11.4. The average Bonchev–Trinajstić information content (AvgIpc) is 2.27. The Morgan fingerprint density at radius 2 is 1.94 bits per heavy atom. The van der Waals surface area contributed by atoms with Crippen LogP contribution >= 0.6 is 15.9 Å². The highest BCUT2D eigenvalue weighted by atomic mass is 79.9. The van der Waals surface area contributed by atoms with Gasteiger partial charge in [-0.05, 0) is 39.0 Å². The third kappa shape index (κ3) is 3.23. The summed E-state index contributed by atoms with van der Waals surface area (Å²) in [5.41, 5.74) is 4.62. The molecule has 0 bridgehead atoms.